The molecule has 6 heteroatoms. The topological polar surface area (TPSA) is 63.2 Å². The summed E-state index contributed by atoms with van der Waals surface area (Å²) in [5, 5.41) is 8.79. The molecule has 114 valence electrons. The highest BCUT2D eigenvalue weighted by atomic mass is 32.1. The molecule has 4 rings (SSSR count). The van der Waals surface area contributed by atoms with E-state index in [-0.39, 0.29) is 11.8 Å². The number of anilines is 1. The molecule has 3 heterocycles. The highest BCUT2D eigenvalue weighted by molar-refractivity contribution is 7.14. The van der Waals surface area contributed by atoms with Crippen LogP contribution in [-0.2, 0) is 11.2 Å². The Hall–Kier alpha value is -1.92. The van der Waals surface area contributed by atoms with Crippen molar-refractivity contribution in [2.75, 3.05) is 25.0 Å². The summed E-state index contributed by atoms with van der Waals surface area (Å²) in [5.74, 6) is 1.10. The molecule has 1 aromatic carbocycles. The van der Waals surface area contributed by atoms with Crippen molar-refractivity contribution in [2.24, 2.45) is 5.92 Å². The minimum absolute atomic E-state index is 0.0597. The third-order valence-corrected chi connectivity index (χ3v) is 4.91. The fourth-order valence-corrected chi connectivity index (χ4v) is 3.62. The van der Waals surface area contributed by atoms with Gasteiger partial charge in [0.1, 0.15) is 5.75 Å². The summed E-state index contributed by atoms with van der Waals surface area (Å²) in [6.45, 7) is 2.43. The van der Waals surface area contributed by atoms with Gasteiger partial charge in [-0.1, -0.05) is 0 Å². The van der Waals surface area contributed by atoms with E-state index in [9.17, 15) is 4.79 Å². The third-order valence-electron chi connectivity index (χ3n) is 4.15. The molecule has 0 saturated carbocycles. The van der Waals surface area contributed by atoms with Crippen LogP contribution < -0.4 is 15.4 Å². The number of hydrogen-bond donors (Lipinski definition) is 2. The summed E-state index contributed by atoms with van der Waals surface area (Å²) in [7, 11) is 0. The molecule has 0 aliphatic carbocycles. The van der Waals surface area contributed by atoms with Crippen molar-refractivity contribution in [3.8, 4) is 17.0 Å². The molecule has 1 aromatic heterocycles. The second kappa shape index (κ2) is 5.70. The largest absolute Gasteiger partial charge is 0.493 e. The van der Waals surface area contributed by atoms with Crippen LogP contribution in [0.5, 0.6) is 5.75 Å². The average molecular weight is 315 g/mol. The zero-order valence-corrected chi connectivity index (χ0v) is 12.9. The molecule has 0 radical (unpaired) electrons. The summed E-state index contributed by atoms with van der Waals surface area (Å²) >= 11 is 1.47. The van der Waals surface area contributed by atoms with Gasteiger partial charge in [0.15, 0.2) is 5.13 Å². The molecule has 1 saturated heterocycles. The van der Waals surface area contributed by atoms with E-state index < -0.39 is 0 Å². The van der Waals surface area contributed by atoms with E-state index >= 15 is 0 Å². The lowest BCUT2D eigenvalue weighted by atomic mass is 10.1. The first-order valence-electron chi connectivity index (χ1n) is 7.53. The van der Waals surface area contributed by atoms with Crippen LogP contribution in [0.3, 0.4) is 0 Å². The zero-order valence-electron chi connectivity index (χ0n) is 12.1. The normalized spacial score (nSPS) is 19.7. The van der Waals surface area contributed by atoms with Crippen LogP contribution in [-0.4, -0.2) is 30.6 Å². The smallest absolute Gasteiger partial charge is 0.230 e. The molecule has 2 aromatic rings. The van der Waals surface area contributed by atoms with Crippen molar-refractivity contribution in [3.05, 3.63) is 29.1 Å². The molecular weight excluding hydrogens is 298 g/mol. The van der Waals surface area contributed by atoms with Gasteiger partial charge in [0.25, 0.3) is 0 Å². The molecule has 5 nitrogen and oxygen atoms in total. The van der Waals surface area contributed by atoms with E-state index in [4.69, 9.17) is 4.74 Å². The maximum absolute atomic E-state index is 12.1. The Bertz CT molecular complexity index is 707. The number of fused-ring (bicyclic) bond motifs is 1. The van der Waals surface area contributed by atoms with Crippen LogP contribution in [0.1, 0.15) is 12.0 Å². The van der Waals surface area contributed by atoms with Gasteiger partial charge in [0, 0.05) is 23.9 Å². The molecule has 1 unspecified atom stereocenters. The van der Waals surface area contributed by atoms with Crippen LogP contribution in [0, 0.1) is 5.92 Å². The number of nitrogens with zero attached hydrogens (tertiary/aromatic N) is 1. The van der Waals surface area contributed by atoms with Crippen molar-refractivity contribution >= 4 is 22.4 Å². The number of hydrogen-bond acceptors (Lipinski definition) is 5. The van der Waals surface area contributed by atoms with Crippen molar-refractivity contribution in [1.82, 2.24) is 10.3 Å². The number of aromatic nitrogens is 1. The second-order valence-corrected chi connectivity index (χ2v) is 6.50. The van der Waals surface area contributed by atoms with Crippen LogP contribution >= 0.6 is 11.3 Å². The average Bonchev–Trinajstić information content (AvgIpc) is 3.27. The molecule has 2 N–H and O–H groups in total. The SMILES string of the molecule is O=C(Nc1nc(-c2ccc3c(c2)CCO3)cs1)C1CCNC1. The van der Waals surface area contributed by atoms with Gasteiger partial charge in [-0.3, -0.25) is 4.79 Å². The fourth-order valence-electron chi connectivity index (χ4n) is 2.90. The van der Waals surface area contributed by atoms with E-state index in [1.165, 1.54) is 16.9 Å². The van der Waals surface area contributed by atoms with Gasteiger partial charge in [-0.05, 0) is 36.7 Å². The minimum atomic E-state index is 0.0597. The fraction of sp³-hybridized carbons (Fsp3) is 0.375. The van der Waals surface area contributed by atoms with Crippen molar-refractivity contribution in [1.29, 1.82) is 0 Å². The first-order valence-corrected chi connectivity index (χ1v) is 8.41. The van der Waals surface area contributed by atoms with Gasteiger partial charge in [-0.25, -0.2) is 4.98 Å². The number of amides is 1. The maximum Gasteiger partial charge on any atom is 0.230 e. The number of carbonyl (C=O) groups is 1. The first kappa shape index (κ1) is 13.7. The molecule has 2 aliphatic heterocycles. The predicted octanol–water partition coefficient (Wildman–Crippen LogP) is 2.29. The van der Waals surface area contributed by atoms with Crippen LogP contribution in [0.4, 0.5) is 5.13 Å². The summed E-state index contributed by atoms with van der Waals surface area (Å²) < 4.78 is 5.52. The molecule has 0 spiro atoms. The van der Waals surface area contributed by atoms with E-state index in [0.717, 1.165) is 49.5 Å². The highest BCUT2D eigenvalue weighted by Crippen LogP contribution is 2.32. The molecule has 1 fully saturated rings. The maximum atomic E-state index is 12.1. The van der Waals surface area contributed by atoms with Gasteiger partial charge in [-0.15, -0.1) is 11.3 Å². The Kier molecular flexibility index (Phi) is 3.56. The van der Waals surface area contributed by atoms with Gasteiger partial charge < -0.3 is 15.4 Å². The predicted molar refractivity (Wildman–Crippen MR) is 86.4 cm³/mol. The minimum Gasteiger partial charge on any atom is -0.493 e. The monoisotopic (exact) mass is 315 g/mol. The number of nitrogens with one attached hydrogen (secondary N) is 2. The van der Waals surface area contributed by atoms with Crippen LogP contribution in [0.15, 0.2) is 23.6 Å². The number of thiazole rings is 1. The number of ether oxygens (including phenoxy) is 1. The summed E-state index contributed by atoms with van der Waals surface area (Å²) in [4.78, 5) is 16.7. The second-order valence-electron chi connectivity index (χ2n) is 5.64. The van der Waals surface area contributed by atoms with Gasteiger partial charge in [0.05, 0.1) is 18.2 Å². The Morgan fingerprint density at radius 2 is 2.41 bits per heavy atom. The molecule has 2 aliphatic rings. The quantitative estimate of drug-likeness (QED) is 0.912. The highest BCUT2D eigenvalue weighted by Gasteiger charge is 2.23. The lowest BCUT2D eigenvalue weighted by molar-refractivity contribution is -0.119. The molecule has 0 bridgehead atoms. The van der Waals surface area contributed by atoms with E-state index in [0.29, 0.717) is 5.13 Å². The molecule has 1 amide bonds. The molecular formula is C16H17N3O2S. The van der Waals surface area contributed by atoms with Gasteiger partial charge in [-0.2, -0.15) is 0 Å². The van der Waals surface area contributed by atoms with E-state index in [1.54, 1.807) is 0 Å². The van der Waals surface area contributed by atoms with Crippen molar-refractivity contribution in [3.63, 3.8) is 0 Å². The van der Waals surface area contributed by atoms with Crippen molar-refractivity contribution in [2.45, 2.75) is 12.8 Å². The third kappa shape index (κ3) is 2.60. The Balaban J connectivity index is 1.50. The standard InChI is InChI=1S/C16H17N3O2S/c20-15(12-3-5-17-8-12)19-16-18-13(9-22-16)10-1-2-14-11(7-10)4-6-21-14/h1-2,7,9,12,17H,3-6,8H2,(H,18,19,20). The number of rotatable bonds is 3. The summed E-state index contributed by atoms with van der Waals surface area (Å²) in [6, 6.07) is 6.15. The van der Waals surface area contributed by atoms with E-state index in [1.807, 2.05) is 17.5 Å². The van der Waals surface area contributed by atoms with Gasteiger partial charge >= 0.3 is 0 Å². The number of carbonyl (C=O) groups excluding carboxylic acids is 1. The zero-order chi connectivity index (χ0) is 14.9. The van der Waals surface area contributed by atoms with Crippen LogP contribution in [0.2, 0.25) is 0 Å². The molecule has 1 atom stereocenters. The van der Waals surface area contributed by atoms with E-state index in [2.05, 4.69) is 21.7 Å². The van der Waals surface area contributed by atoms with Crippen LogP contribution in [0.25, 0.3) is 11.3 Å². The molecule has 22 heavy (non-hydrogen) atoms. The summed E-state index contributed by atoms with van der Waals surface area (Å²) in [6.07, 6.45) is 1.85. The first-order chi connectivity index (χ1) is 10.8. The summed E-state index contributed by atoms with van der Waals surface area (Å²) in [5.41, 5.74) is 3.20. The van der Waals surface area contributed by atoms with Gasteiger partial charge in [0.2, 0.25) is 5.91 Å². The number of benzene rings is 1. The Morgan fingerprint density at radius 3 is 3.27 bits per heavy atom. The lowest BCUT2D eigenvalue weighted by Gasteiger charge is -2.06. The van der Waals surface area contributed by atoms with Crippen molar-refractivity contribution < 1.29 is 9.53 Å². The Morgan fingerprint density at radius 1 is 1.45 bits per heavy atom. The lowest BCUT2D eigenvalue weighted by Crippen LogP contribution is -2.24. The Labute approximate surface area is 132 Å².